The van der Waals surface area contributed by atoms with E-state index < -0.39 is 0 Å². The molecular formula is C10H11ClI2. The molecule has 1 aromatic rings. The van der Waals surface area contributed by atoms with Gasteiger partial charge in [0.15, 0.2) is 0 Å². The molecule has 1 rings (SSSR count). The molecule has 0 saturated heterocycles. The van der Waals surface area contributed by atoms with E-state index in [9.17, 15) is 0 Å². The highest BCUT2D eigenvalue weighted by atomic mass is 127. The normalized spacial score (nSPS) is 10.8. The van der Waals surface area contributed by atoms with Crippen LogP contribution < -0.4 is 0 Å². The van der Waals surface area contributed by atoms with Crippen LogP contribution in [0, 0.1) is 5.92 Å². The summed E-state index contributed by atoms with van der Waals surface area (Å²) in [4.78, 5) is 0. The van der Waals surface area contributed by atoms with Crippen LogP contribution in [-0.4, -0.2) is 8.86 Å². The van der Waals surface area contributed by atoms with Crippen molar-refractivity contribution < 1.29 is 0 Å². The highest BCUT2D eigenvalue weighted by Gasteiger charge is 2.05. The Bertz CT molecular complexity index is 242. The van der Waals surface area contributed by atoms with E-state index in [1.807, 2.05) is 12.1 Å². The summed E-state index contributed by atoms with van der Waals surface area (Å²) < 4.78 is 2.45. The Labute approximate surface area is 112 Å². The van der Waals surface area contributed by atoms with Crippen molar-refractivity contribution in [3.63, 3.8) is 0 Å². The molecule has 0 unspecified atom stereocenters. The van der Waals surface area contributed by atoms with Crippen molar-refractivity contribution in [2.75, 3.05) is 8.86 Å². The van der Waals surface area contributed by atoms with Gasteiger partial charge in [0, 0.05) is 13.9 Å². The van der Waals surface area contributed by atoms with E-state index in [2.05, 4.69) is 57.3 Å². The number of hydrogen-bond acceptors (Lipinski definition) is 0. The summed E-state index contributed by atoms with van der Waals surface area (Å²) in [5, 5.41) is 0.823. The second-order valence-electron chi connectivity index (χ2n) is 3.01. The molecule has 72 valence electrons. The number of halogens is 3. The second-order valence-corrected chi connectivity index (χ2v) is 5.20. The molecule has 0 saturated carbocycles. The van der Waals surface area contributed by atoms with Crippen molar-refractivity contribution in [1.29, 1.82) is 0 Å². The fraction of sp³-hybridized carbons (Fsp3) is 0.400. The van der Waals surface area contributed by atoms with Crippen LogP contribution in [0.25, 0.3) is 0 Å². The Morgan fingerprint density at radius 2 is 1.62 bits per heavy atom. The van der Waals surface area contributed by atoms with Gasteiger partial charge in [0.05, 0.1) is 0 Å². The van der Waals surface area contributed by atoms with Gasteiger partial charge >= 0.3 is 0 Å². The van der Waals surface area contributed by atoms with Crippen molar-refractivity contribution in [2.45, 2.75) is 6.42 Å². The molecule has 0 amide bonds. The molecule has 0 fully saturated rings. The minimum Gasteiger partial charge on any atom is -0.0860 e. The number of alkyl halides is 2. The predicted molar refractivity (Wildman–Crippen MR) is 76.4 cm³/mol. The van der Waals surface area contributed by atoms with E-state index in [1.165, 1.54) is 20.8 Å². The summed E-state index contributed by atoms with van der Waals surface area (Å²) >= 11 is 10.7. The van der Waals surface area contributed by atoms with Gasteiger partial charge in [-0.05, 0) is 30.0 Å². The third kappa shape index (κ3) is 4.34. The standard InChI is InChI=1S/C10H11ClI2/c11-10-3-1-8(2-4-10)5-9(6-12)7-13/h1-4,9H,5-7H2. The van der Waals surface area contributed by atoms with Crippen LogP contribution in [-0.2, 0) is 6.42 Å². The zero-order valence-corrected chi connectivity index (χ0v) is 12.2. The van der Waals surface area contributed by atoms with Gasteiger partial charge in [0.25, 0.3) is 0 Å². The largest absolute Gasteiger partial charge is 0.0860 e. The van der Waals surface area contributed by atoms with E-state index in [0.29, 0.717) is 0 Å². The highest BCUT2D eigenvalue weighted by molar-refractivity contribution is 14.1. The SMILES string of the molecule is Clc1ccc(CC(CI)CI)cc1. The lowest BCUT2D eigenvalue weighted by molar-refractivity contribution is 0.690. The maximum Gasteiger partial charge on any atom is 0.0406 e. The zero-order chi connectivity index (χ0) is 9.68. The molecule has 0 N–H and O–H groups in total. The van der Waals surface area contributed by atoms with Gasteiger partial charge in [-0.2, -0.15) is 0 Å². The fourth-order valence-corrected chi connectivity index (χ4v) is 3.67. The smallest absolute Gasteiger partial charge is 0.0406 e. The lowest BCUT2D eigenvalue weighted by atomic mass is 10.0. The highest BCUT2D eigenvalue weighted by Crippen LogP contribution is 2.16. The molecule has 0 spiro atoms. The average molecular weight is 420 g/mol. The molecule has 0 aliphatic carbocycles. The van der Waals surface area contributed by atoms with Crippen LogP contribution >= 0.6 is 56.8 Å². The van der Waals surface area contributed by atoms with Gasteiger partial charge in [0.1, 0.15) is 0 Å². The number of hydrogen-bond donors (Lipinski definition) is 0. The zero-order valence-electron chi connectivity index (χ0n) is 7.14. The molecule has 0 bridgehead atoms. The van der Waals surface area contributed by atoms with E-state index in [0.717, 1.165) is 10.9 Å². The van der Waals surface area contributed by atoms with Gasteiger partial charge in [-0.25, -0.2) is 0 Å². The third-order valence-electron chi connectivity index (χ3n) is 1.87. The molecule has 1 aromatic carbocycles. The Kier molecular flexibility index (Phi) is 5.98. The molecule has 0 aliphatic rings. The molecule has 0 nitrogen and oxygen atoms in total. The van der Waals surface area contributed by atoms with Crippen molar-refractivity contribution in [3.8, 4) is 0 Å². The molecule has 0 heterocycles. The van der Waals surface area contributed by atoms with Crippen molar-refractivity contribution in [1.82, 2.24) is 0 Å². The molecule has 0 radical (unpaired) electrons. The molecular weight excluding hydrogens is 409 g/mol. The molecule has 0 aliphatic heterocycles. The first kappa shape index (κ1) is 12.0. The van der Waals surface area contributed by atoms with Gasteiger partial charge < -0.3 is 0 Å². The first-order valence-corrected chi connectivity index (χ1v) is 7.55. The van der Waals surface area contributed by atoms with Gasteiger partial charge in [-0.1, -0.05) is 68.9 Å². The topological polar surface area (TPSA) is 0 Å². The fourth-order valence-electron chi connectivity index (χ4n) is 1.10. The Morgan fingerprint density at radius 3 is 2.08 bits per heavy atom. The number of benzene rings is 1. The lowest BCUT2D eigenvalue weighted by Crippen LogP contribution is -2.06. The first-order chi connectivity index (χ1) is 6.26. The lowest BCUT2D eigenvalue weighted by Gasteiger charge is -2.09. The maximum atomic E-state index is 5.81. The van der Waals surface area contributed by atoms with E-state index in [4.69, 9.17) is 11.6 Å². The van der Waals surface area contributed by atoms with Crippen LogP contribution in [0.1, 0.15) is 5.56 Å². The quantitative estimate of drug-likeness (QED) is 0.501. The summed E-state index contributed by atoms with van der Waals surface area (Å²) in [6.45, 7) is 0. The molecule has 0 atom stereocenters. The van der Waals surface area contributed by atoms with Gasteiger partial charge in [0.2, 0.25) is 0 Å². The van der Waals surface area contributed by atoms with Crippen LogP contribution in [0.4, 0.5) is 0 Å². The Hall–Kier alpha value is 0.970. The minimum atomic E-state index is 0.794. The second kappa shape index (κ2) is 6.45. The van der Waals surface area contributed by atoms with Gasteiger partial charge in [-0.3, -0.25) is 0 Å². The summed E-state index contributed by atoms with van der Waals surface area (Å²) in [5.41, 5.74) is 1.39. The van der Waals surface area contributed by atoms with Crippen LogP contribution in [0.3, 0.4) is 0 Å². The first-order valence-electron chi connectivity index (χ1n) is 4.12. The maximum absolute atomic E-state index is 5.81. The van der Waals surface area contributed by atoms with Crippen LogP contribution in [0.15, 0.2) is 24.3 Å². The predicted octanol–water partition coefficient (Wildman–Crippen LogP) is 4.37. The van der Waals surface area contributed by atoms with Crippen LogP contribution in [0.5, 0.6) is 0 Å². The number of rotatable bonds is 4. The summed E-state index contributed by atoms with van der Waals surface area (Å²) in [6.07, 6.45) is 1.17. The summed E-state index contributed by atoms with van der Waals surface area (Å²) in [5.74, 6) is 0.794. The van der Waals surface area contributed by atoms with E-state index >= 15 is 0 Å². The monoisotopic (exact) mass is 420 g/mol. The summed E-state index contributed by atoms with van der Waals surface area (Å²) in [7, 11) is 0. The van der Waals surface area contributed by atoms with E-state index in [-0.39, 0.29) is 0 Å². The third-order valence-corrected chi connectivity index (χ3v) is 4.62. The molecule has 3 heteroatoms. The van der Waals surface area contributed by atoms with Crippen molar-refractivity contribution >= 4 is 56.8 Å². The average Bonchev–Trinajstić information content (AvgIpc) is 2.17. The van der Waals surface area contributed by atoms with E-state index in [1.54, 1.807) is 0 Å². The van der Waals surface area contributed by atoms with Crippen LogP contribution in [0.2, 0.25) is 5.02 Å². The Morgan fingerprint density at radius 1 is 1.08 bits per heavy atom. The summed E-state index contributed by atoms with van der Waals surface area (Å²) in [6, 6.07) is 8.17. The van der Waals surface area contributed by atoms with Gasteiger partial charge in [-0.15, -0.1) is 0 Å². The van der Waals surface area contributed by atoms with Crippen molar-refractivity contribution in [3.05, 3.63) is 34.9 Å². The Balaban J connectivity index is 2.58. The molecule has 13 heavy (non-hydrogen) atoms. The minimum absolute atomic E-state index is 0.794. The van der Waals surface area contributed by atoms with Crippen molar-refractivity contribution in [2.24, 2.45) is 5.92 Å². The molecule has 0 aromatic heterocycles.